The van der Waals surface area contributed by atoms with E-state index in [0.29, 0.717) is 0 Å². The van der Waals surface area contributed by atoms with Gasteiger partial charge in [0, 0.05) is 16.5 Å². The second kappa shape index (κ2) is 4.45. The van der Waals surface area contributed by atoms with Crippen LogP contribution in [0, 0.1) is 0 Å². The van der Waals surface area contributed by atoms with Gasteiger partial charge in [0.2, 0.25) is 5.88 Å². The van der Waals surface area contributed by atoms with Crippen molar-refractivity contribution < 1.29 is 9.15 Å². The number of anilines is 2. The molecule has 0 spiro atoms. The molecule has 0 aliphatic rings. The Labute approximate surface area is 105 Å². The summed E-state index contributed by atoms with van der Waals surface area (Å²) >= 11 is 0. The molecule has 0 aliphatic carbocycles. The smallest absolute Gasteiger partial charge is 0.204 e. The lowest BCUT2D eigenvalue weighted by molar-refractivity contribution is 0.415. The first-order chi connectivity index (χ1) is 8.86. The maximum atomic E-state index is 5.53. The van der Waals surface area contributed by atoms with Gasteiger partial charge in [-0.3, -0.25) is 0 Å². The Morgan fingerprint density at radius 2 is 1.78 bits per heavy atom. The van der Waals surface area contributed by atoms with Crippen LogP contribution in [0.2, 0.25) is 0 Å². The third-order valence-electron chi connectivity index (χ3n) is 2.86. The molecule has 0 bridgehead atoms. The van der Waals surface area contributed by atoms with E-state index >= 15 is 0 Å². The van der Waals surface area contributed by atoms with Crippen LogP contribution in [0.1, 0.15) is 0 Å². The van der Waals surface area contributed by atoms with E-state index in [1.165, 1.54) is 0 Å². The van der Waals surface area contributed by atoms with Gasteiger partial charge >= 0.3 is 0 Å². The van der Waals surface area contributed by atoms with E-state index in [0.717, 1.165) is 28.1 Å². The molecule has 18 heavy (non-hydrogen) atoms. The van der Waals surface area contributed by atoms with Crippen LogP contribution in [-0.2, 0) is 0 Å². The van der Waals surface area contributed by atoms with E-state index in [4.69, 9.17) is 9.15 Å². The van der Waals surface area contributed by atoms with Crippen LogP contribution in [0.5, 0.6) is 5.75 Å². The van der Waals surface area contributed by atoms with Crippen molar-refractivity contribution in [3.05, 3.63) is 54.8 Å². The molecule has 0 atom stereocenters. The summed E-state index contributed by atoms with van der Waals surface area (Å²) in [6, 6.07) is 15.8. The Balaban J connectivity index is 1.91. The van der Waals surface area contributed by atoms with Gasteiger partial charge in [-0.05, 0) is 30.3 Å². The van der Waals surface area contributed by atoms with Crippen molar-refractivity contribution in [1.29, 1.82) is 0 Å². The fraction of sp³-hybridized carbons (Fsp3) is 0.0667. The molecule has 90 valence electrons. The van der Waals surface area contributed by atoms with Crippen molar-refractivity contribution in [2.45, 2.75) is 0 Å². The van der Waals surface area contributed by atoms with Gasteiger partial charge < -0.3 is 14.5 Å². The van der Waals surface area contributed by atoms with Crippen LogP contribution in [0.25, 0.3) is 10.8 Å². The van der Waals surface area contributed by atoms with E-state index in [1.54, 1.807) is 13.4 Å². The molecular weight excluding hydrogens is 226 g/mol. The second-order valence-electron chi connectivity index (χ2n) is 4.01. The maximum absolute atomic E-state index is 5.53. The van der Waals surface area contributed by atoms with Gasteiger partial charge in [-0.1, -0.05) is 18.2 Å². The normalized spacial score (nSPS) is 10.5. The molecule has 3 heteroatoms. The topological polar surface area (TPSA) is 34.4 Å². The number of hydrogen-bond donors (Lipinski definition) is 1. The summed E-state index contributed by atoms with van der Waals surface area (Å²) in [5.74, 6) is 1.60. The minimum atomic E-state index is 0.760. The van der Waals surface area contributed by atoms with E-state index in [9.17, 15) is 0 Å². The first-order valence-corrected chi connectivity index (χ1v) is 5.74. The highest BCUT2D eigenvalue weighted by molar-refractivity contribution is 5.92. The Kier molecular flexibility index (Phi) is 2.65. The van der Waals surface area contributed by atoms with Crippen molar-refractivity contribution in [2.75, 3.05) is 12.4 Å². The molecule has 0 unspecified atom stereocenters. The minimum absolute atomic E-state index is 0.760. The number of rotatable bonds is 3. The predicted octanol–water partition coefficient (Wildman–Crippen LogP) is 4.19. The Morgan fingerprint density at radius 1 is 1.00 bits per heavy atom. The number of benzene rings is 2. The zero-order chi connectivity index (χ0) is 12.4. The van der Waals surface area contributed by atoms with Gasteiger partial charge in [0.05, 0.1) is 7.11 Å². The molecular formula is C15H13NO2. The van der Waals surface area contributed by atoms with Crippen LogP contribution < -0.4 is 10.1 Å². The summed E-state index contributed by atoms with van der Waals surface area (Å²) in [5.41, 5.74) is 0.968. The number of furan rings is 1. The summed E-state index contributed by atoms with van der Waals surface area (Å²) in [5, 5.41) is 5.42. The lowest BCUT2D eigenvalue weighted by atomic mass is 10.2. The Bertz CT molecular complexity index is 656. The van der Waals surface area contributed by atoms with Crippen molar-refractivity contribution in [3.8, 4) is 5.75 Å². The van der Waals surface area contributed by atoms with Crippen molar-refractivity contribution in [2.24, 2.45) is 0 Å². The highest BCUT2D eigenvalue weighted by Gasteiger charge is 2.05. The molecule has 0 radical (unpaired) electrons. The highest BCUT2D eigenvalue weighted by atomic mass is 16.5. The molecule has 3 nitrogen and oxygen atoms in total. The number of methoxy groups -OCH3 is 1. The average Bonchev–Trinajstić information content (AvgIpc) is 2.83. The van der Waals surface area contributed by atoms with Gasteiger partial charge in [-0.25, -0.2) is 0 Å². The first kappa shape index (κ1) is 10.7. The van der Waals surface area contributed by atoms with Crippen LogP contribution in [-0.4, -0.2) is 7.11 Å². The second-order valence-corrected chi connectivity index (χ2v) is 4.01. The van der Waals surface area contributed by atoms with Crippen molar-refractivity contribution >= 4 is 22.3 Å². The summed E-state index contributed by atoms with van der Waals surface area (Å²) in [6.45, 7) is 0. The average molecular weight is 239 g/mol. The number of hydrogen-bond acceptors (Lipinski definition) is 3. The molecule has 0 aliphatic heterocycles. The van der Waals surface area contributed by atoms with Gasteiger partial charge in [-0.2, -0.15) is 0 Å². The third kappa shape index (κ3) is 1.91. The minimum Gasteiger partial charge on any atom is -0.497 e. The van der Waals surface area contributed by atoms with E-state index < -0.39 is 0 Å². The molecule has 0 fully saturated rings. The summed E-state index contributed by atoms with van der Waals surface area (Å²) in [7, 11) is 1.66. The van der Waals surface area contributed by atoms with Crippen LogP contribution in [0.3, 0.4) is 0 Å². The molecule has 1 N–H and O–H groups in total. The molecule has 3 aromatic rings. The molecule has 1 aromatic heterocycles. The fourth-order valence-corrected chi connectivity index (χ4v) is 1.89. The van der Waals surface area contributed by atoms with E-state index in [2.05, 4.69) is 5.32 Å². The summed E-state index contributed by atoms with van der Waals surface area (Å²) in [4.78, 5) is 0. The summed E-state index contributed by atoms with van der Waals surface area (Å²) < 4.78 is 10.7. The number of nitrogens with one attached hydrogen (secondary N) is 1. The molecule has 0 saturated carbocycles. The van der Waals surface area contributed by atoms with E-state index in [1.807, 2.05) is 48.5 Å². The quantitative estimate of drug-likeness (QED) is 0.744. The molecule has 0 saturated heterocycles. The molecule has 0 amide bonds. The number of ether oxygens (including phenoxy) is 1. The van der Waals surface area contributed by atoms with Crippen LogP contribution >= 0.6 is 0 Å². The largest absolute Gasteiger partial charge is 0.497 e. The van der Waals surface area contributed by atoms with Crippen LogP contribution in [0.15, 0.2) is 59.2 Å². The third-order valence-corrected chi connectivity index (χ3v) is 2.86. The first-order valence-electron chi connectivity index (χ1n) is 5.74. The number of fused-ring (bicyclic) bond motifs is 1. The lowest BCUT2D eigenvalue weighted by Gasteiger charge is -2.05. The van der Waals surface area contributed by atoms with Gasteiger partial charge in [0.1, 0.15) is 12.0 Å². The zero-order valence-electron chi connectivity index (χ0n) is 10.0. The van der Waals surface area contributed by atoms with Crippen molar-refractivity contribution in [3.63, 3.8) is 0 Å². The monoisotopic (exact) mass is 239 g/mol. The van der Waals surface area contributed by atoms with Gasteiger partial charge in [0.15, 0.2) is 0 Å². The van der Waals surface area contributed by atoms with E-state index in [-0.39, 0.29) is 0 Å². The standard InChI is InChI=1S/C15H13NO2/c1-17-13-8-6-12(7-9-13)16-15-14-5-3-2-4-11(14)10-18-15/h2-10,16H,1H3. The Morgan fingerprint density at radius 3 is 2.56 bits per heavy atom. The van der Waals surface area contributed by atoms with Gasteiger partial charge in [-0.15, -0.1) is 0 Å². The molecule has 1 heterocycles. The highest BCUT2D eigenvalue weighted by Crippen LogP contribution is 2.28. The zero-order valence-corrected chi connectivity index (χ0v) is 10.0. The van der Waals surface area contributed by atoms with Gasteiger partial charge in [0.25, 0.3) is 0 Å². The fourth-order valence-electron chi connectivity index (χ4n) is 1.89. The lowest BCUT2D eigenvalue weighted by Crippen LogP contribution is -1.89. The van der Waals surface area contributed by atoms with Crippen molar-refractivity contribution in [1.82, 2.24) is 0 Å². The van der Waals surface area contributed by atoms with Crippen LogP contribution in [0.4, 0.5) is 11.6 Å². The molecule has 3 rings (SSSR count). The molecule has 2 aromatic carbocycles. The predicted molar refractivity (Wildman–Crippen MR) is 72.5 cm³/mol. The summed E-state index contributed by atoms with van der Waals surface area (Å²) in [6.07, 6.45) is 1.75. The Hall–Kier alpha value is -2.42. The SMILES string of the molecule is COc1ccc(Nc2occ3ccccc23)cc1. The maximum Gasteiger partial charge on any atom is 0.204 e.